The normalized spacial score (nSPS) is 30.9. The maximum atomic E-state index is 13.6. The van der Waals surface area contributed by atoms with Crippen LogP contribution in [0.25, 0.3) is 0 Å². The highest BCUT2D eigenvalue weighted by atomic mass is 19.4. The molecule has 2 heterocycles. The van der Waals surface area contributed by atoms with Crippen molar-refractivity contribution in [1.29, 1.82) is 0 Å². The van der Waals surface area contributed by atoms with Crippen molar-refractivity contribution in [1.82, 2.24) is 10.2 Å². The fraction of sp³-hybridized carbons (Fsp3) is 1.00. The Labute approximate surface area is 113 Å². The second kappa shape index (κ2) is 6.00. The van der Waals surface area contributed by atoms with Gasteiger partial charge in [-0.3, -0.25) is 4.90 Å². The molecule has 2 aliphatic rings. The fourth-order valence-electron chi connectivity index (χ4n) is 3.74. The van der Waals surface area contributed by atoms with E-state index in [0.717, 1.165) is 25.9 Å². The fourth-order valence-corrected chi connectivity index (χ4v) is 3.74. The van der Waals surface area contributed by atoms with Gasteiger partial charge in [-0.25, -0.2) is 0 Å². The van der Waals surface area contributed by atoms with E-state index in [4.69, 9.17) is 0 Å². The van der Waals surface area contributed by atoms with Gasteiger partial charge in [0.15, 0.2) is 0 Å². The monoisotopic (exact) mass is 278 g/mol. The summed E-state index contributed by atoms with van der Waals surface area (Å²) in [6.45, 7) is 5.00. The lowest BCUT2D eigenvalue weighted by Crippen LogP contribution is -2.56. The molecule has 1 atom stereocenters. The molecule has 0 bridgehead atoms. The van der Waals surface area contributed by atoms with Gasteiger partial charge in [0.1, 0.15) is 5.54 Å². The smallest absolute Gasteiger partial charge is 0.317 e. The summed E-state index contributed by atoms with van der Waals surface area (Å²) in [5, 5.41) is 3.27. The Morgan fingerprint density at radius 3 is 2.53 bits per heavy atom. The van der Waals surface area contributed by atoms with E-state index in [0.29, 0.717) is 31.8 Å². The lowest BCUT2D eigenvalue weighted by molar-refractivity contribution is -0.227. The predicted molar refractivity (Wildman–Crippen MR) is 70.1 cm³/mol. The highest BCUT2D eigenvalue weighted by molar-refractivity contribution is 5.01. The molecule has 19 heavy (non-hydrogen) atoms. The topological polar surface area (TPSA) is 15.3 Å². The van der Waals surface area contributed by atoms with Gasteiger partial charge in [0.25, 0.3) is 0 Å². The van der Waals surface area contributed by atoms with Gasteiger partial charge >= 0.3 is 6.18 Å². The Kier molecular flexibility index (Phi) is 4.77. The number of likely N-dealkylation sites (tertiary alicyclic amines) is 1. The third-order valence-electron chi connectivity index (χ3n) is 4.75. The van der Waals surface area contributed by atoms with Gasteiger partial charge in [0, 0.05) is 6.54 Å². The Hall–Kier alpha value is -0.290. The van der Waals surface area contributed by atoms with E-state index < -0.39 is 11.7 Å². The molecular formula is C14H25F3N2. The molecule has 0 amide bonds. The summed E-state index contributed by atoms with van der Waals surface area (Å²) in [7, 11) is 0. The van der Waals surface area contributed by atoms with E-state index in [1.807, 2.05) is 6.92 Å². The predicted octanol–water partition coefficient (Wildman–Crippen LogP) is 3.18. The molecule has 0 aromatic rings. The molecule has 0 aromatic carbocycles. The van der Waals surface area contributed by atoms with E-state index in [1.165, 1.54) is 0 Å². The van der Waals surface area contributed by atoms with Crippen molar-refractivity contribution in [2.45, 2.75) is 57.2 Å². The van der Waals surface area contributed by atoms with Crippen molar-refractivity contribution in [2.75, 3.05) is 26.2 Å². The first-order valence-electron chi connectivity index (χ1n) is 7.52. The minimum Gasteiger partial charge on any atom is -0.317 e. The lowest BCUT2D eigenvalue weighted by atomic mass is 9.88. The average Bonchev–Trinajstić information content (AvgIpc) is 2.75. The molecule has 0 radical (unpaired) electrons. The van der Waals surface area contributed by atoms with Crippen molar-refractivity contribution in [3.8, 4) is 0 Å². The Morgan fingerprint density at radius 2 is 1.95 bits per heavy atom. The van der Waals surface area contributed by atoms with Crippen LogP contribution in [0.1, 0.15) is 45.4 Å². The third-order valence-corrected chi connectivity index (χ3v) is 4.75. The lowest BCUT2D eigenvalue weighted by Gasteiger charge is -2.42. The highest BCUT2D eigenvalue weighted by Crippen LogP contribution is 2.46. The third kappa shape index (κ3) is 3.07. The van der Waals surface area contributed by atoms with Gasteiger partial charge in [-0.15, -0.1) is 0 Å². The zero-order valence-electron chi connectivity index (χ0n) is 11.7. The number of hydrogen-bond donors (Lipinski definition) is 1. The largest absolute Gasteiger partial charge is 0.406 e. The number of hydrogen-bond acceptors (Lipinski definition) is 2. The summed E-state index contributed by atoms with van der Waals surface area (Å²) in [5.74, 6) is 0.429. The van der Waals surface area contributed by atoms with Crippen molar-refractivity contribution in [3.05, 3.63) is 0 Å². The van der Waals surface area contributed by atoms with E-state index in [9.17, 15) is 13.2 Å². The molecule has 112 valence electrons. The van der Waals surface area contributed by atoms with Crippen molar-refractivity contribution < 1.29 is 13.2 Å². The van der Waals surface area contributed by atoms with Crippen LogP contribution in [-0.2, 0) is 0 Å². The second-order valence-electron chi connectivity index (χ2n) is 6.02. The van der Waals surface area contributed by atoms with Crippen LogP contribution in [0.5, 0.6) is 0 Å². The zero-order chi connectivity index (χ0) is 13.9. The first-order chi connectivity index (χ1) is 8.99. The zero-order valence-corrected chi connectivity index (χ0v) is 11.7. The minimum absolute atomic E-state index is 0.251. The average molecular weight is 278 g/mol. The highest BCUT2D eigenvalue weighted by Gasteiger charge is 2.59. The summed E-state index contributed by atoms with van der Waals surface area (Å²) < 4.78 is 40.7. The maximum absolute atomic E-state index is 13.6. The van der Waals surface area contributed by atoms with Crippen molar-refractivity contribution in [2.24, 2.45) is 5.92 Å². The second-order valence-corrected chi connectivity index (χ2v) is 6.02. The van der Waals surface area contributed by atoms with E-state index in [1.54, 1.807) is 4.90 Å². The molecule has 0 saturated carbocycles. The van der Waals surface area contributed by atoms with Crippen LogP contribution < -0.4 is 5.32 Å². The molecular weight excluding hydrogens is 253 g/mol. The first kappa shape index (κ1) is 15.1. The quantitative estimate of drug-likeness (QED) is 0.849. The van der Waals surface area contributed by atoms with Gasteiger partial charge in [-0.2, -0.15) is 13.2 Å². The molecule has 2 rings (SSSR count). The molecule has 2 aliphatic heterocycles. The number of halogens is 3. The molecule has 2 fully saturated rings. The van der Waals surface area contributed by atoms with Crippen LogP contribution in [-0.4, -0.2) is 42.8 Å². The van der Waals surface area contributed by atoms with Crippen molar-refractivity contribution >= 4 is 0 Å². The van der Waals surface area contributed by atoms with E-state index in [2.05, 4.69) is 5.32 Å². The number of nitrogens with zero attached hydrogens (tertiary/aromatic N) is 1. The van der Waals surface area contributed by atoms with Crippen LogP contribution in [0.4, 0.5) is 13.2 Å². The van der Waals surface area contributed by atoms with Crippen LogP contribution in [0.15, 0.2) is 0 Å². The summed E-state index contributed by atoms with van der Waals surface area (Å²) >= 11 is 0. The summed E-state index contributed by atoms with van der Waals surface area (Å²) in [4.78, 5) is 1.76. The summed E-state index contributed by atoms with van der Waals surface area (Å²) in [6.07, 6.45) is -0.247. The Balaban J connectivity index is 2.08. The summed E-state index contributed by atoms with van der Waals surface area (Å²) in [6, 6.07) is 0. The maximum Gasteiger partial charge on any atom is 0.406 e. The molecule has 1 unspecified atom stereocenters. The standard InChI is InChI=1S/C14H25F3N2/c1-2-6-13(14(15,16)17)7-3-10-19(13)11-12-4-8-18-9-5-12/h12,18H,2-11H2,1H3. The molecule has 0 spiro atoms. The molecule has 1 N–H and O–H groups in total. The summed E-state index contributed by atoms with van der Waals surface area (Å²) in [5.41, 5.74) is -1.54. The van der Waals surface area contributed by atoms with Gasteiger partial charge in [-0.05, 0) is 57.7 Å². The molecule has 0 aliphatic carbocycles. The molecule has 5 heteroatoms. The Bertz CT molecular complexity index is 287. The van der Waals surface area contributed by atoms with Crippen LogP contribution in [0.2, 0.25) is 0 Å². The molecule has 2 saturated heterocycles. The SMILES string of the molecule is CCCC1(C(F)(F)F)CCCN1CC1CCNCC1. The van der Waals surface area contributed by atoms with Gasteiger partial charge in [0.2, 0.25) is 0 Å². The van der Waals surface area contributed by atoms with Gasteiger partial charge in [0.05, 0.1) is 0 Å². The number of rotatable bonds is 4. The van der Waals surface area contributed by atoms with E-state index in [-0.39, 0.29) is 12.8 Å². The molecule has 2 nitrogen and oxygen atoms in total. The van der Waals surface area contributed by atoms with Crippen LogP contribution in [0, 0.1) is 5.92 Å². The number of nitrogens with one attached hydrogen (secondary N) is 1. The number of alkyl halides is 3. The van der Waals surface area contributed by atoms with Crippen molar-refractivity contribution in [3.63, 3.8) is 0 Å². The van der Waals surface area contributed by atoms with Gasteiger partial charge < -0.3 is 5.32 Å². The Morgan fingerprint density at radius 1 is 1.26 bits per heavy atom. The van der Waals surface area contributed by atoms with Crippen LogP contribution in [0.3, 0.4) is 0 Å². The van der Waals surface area contributed by atoms with Crippen LogP contribution >= 0.6 is 0 Å². The van der Waals surface area contributed by atoms with E-state index >= 15 is 0 Å². The van der Waals surface area contributed by atoms with Gasteiger partial charge in [-0.1, -0.05) is 13.3 Å². The number of piperidine rings is 1. The minimum atomic E-state index is -4.09. The molecule has 0 aromatic heterocycles. The first-order valence-corrected chi connectivity index (χ1v) is 7.52.